The summed E-state index contributed by atoms with van der Waals surface area (Å²) in [4.78, 5) is 10.7. The first-order chi connectivity index (χ1) is 14.3. The lowest BCUT2D eigenvalue weighted by molar-refractivity contribution is 0.0389. The summed E-state index contributed by atoms with van der Waals surface area (Å²) in [6.07, 6.45) is 0. The molecule has 0 radical (unpaired) electrons. The van der Waals surface area contributed by atoms with E-state index in [9.17, 15) is 8.42 Å². The van der Waals surface area contributed by atoms with Crippen LogP contribution in [0.5, 0.6) is 0 Å². The molecule has 0 amide bonds. The fourth-order valence-corrected chi connectivity index (χ4v) is 4.16. The van der Waals surface area contributed by atoms with E-state index < -0.39 is 10.0 Å². The molecule has 1 aromatic carbocycles. The van der Waals surface area contributed by atoms with Crippen molar-refractivity contribution in [2.45, 2.75) is 18.7 Å². The summed E-state index contributed by atoms with van der Waals surface area (Å²) < 4.78 is 32.9. The van der Waals surface area contributed by atoms with E-state index in [0.29, 0.717) is 22.2 Å². The molecule has 2 heterocycles. The van der Waals surface area contributed by atoms with Crippen molar-refractivity contribution in [3.63, 3.8) is 0 Å². The molecule has 11 heteroatoms. The van der Waals surface area contributed by atoms with Gasteiger partial charge in [-0.3, -0.25) is 4.90 Å². The second-order valence-corrected chi connectivity index (χ2v) is 9.03. The minimum atomic E-state index is -3.79. The van der Waals surface area contributed by atoms with Crippen LogP contribution < -0.4 is 15.4 Å². The van der Waals surface area contributed by atoms with Gasteiger partial charge in [0.2, 0.25) is 5.95 Å². The molecule has 30 heavy (non-hydrogen) atoms. The van der Waals surface area contributed by atoms with Crippen LogP contribution in [0.25, 0.3) is 0 Å². The minimum Gasteiger partial charge on any atom is -0.379 e. The molecule has 0 spiro atoms. The van der Waals surface area contributed by atoms with Gasteiger partial charge < -0.3 is 15.4 Å². The van der Waals surface area contributed by atoms with Crippen molar-refractivity contribution in [1.29, 1.82) is 0 Å². The average Bonchev–Trinajstić information content (AvgIpc) is 2.68. The Morgan fingerprint density at radius 2 is 1.77 bits per heavy atom. The summed E-state index contributed by atoms with van der Waals surface area (Å²) in [5.74, 6) is 0.0559. The number of morpholine rings is 1. The number of hydrogen-bond acceptors (Lipinski definition) is 7. The van der Waals surface area contributed by atoms with Crippen molar-refractivity contribution < 1.29 is 13.2 Å². The van der Waals surface area contributed by atoms with Crippen LogP contribution in [0.3, 0.4) is 0 Å². The summed E-state index contributed by atoms with van der Waals surface area (Å²) in [6.45, 7) is 8.56. The topological polar surface area (TPSA) is 108 Å². The maximum absolute atomic E-state index is 12.6. The molecule has 3 rings (SSSR count). The predicted octanol–water partition coefficient (Wildman–Crippen LogP) is 1.51. The normalized spacial score (nSPS) is 14.9. The molecule has 1 aromatic heterocycles. The van der Waals surface area contributed by atoms with Crippen LogP contribution in [-0.2, 0) is 14.8 Å². The SMILES string of the molecule is Cc1cc(C)nc(NS(=O)(=O)c2ccc(NC(=S)NCCN3CCOCC3)cc2)n1. The second kappa shape index (κ2) is 10.1. The Kier molecular flexibility index (Phi) is 7.53. The van der Waals surface area contributed by atoms with Gasteiger partial charge in [0, 0.05) is 43.3 Å². The molecule has 1 aliphatic rings. The summed E-state index contributed by atoms with van der Waals surface area (Å²) in [5, 5.41) is 6.70. The number of nitrogens with one attached hydrogen (secondary N) is 3. The van der Waals surface area contributed by atoms with Crippen molar-refractivity contribution in [1.82, 2.24) is 20.2 Å². The van der Waals surface area contributed by atoms with Crippen molar-refractivity contribution >= 4 is 39.0 Å². The molecule has 2 aromatic rings. The first-order valence-electron chi connectivity index (χ1n) is 9.62. The van der Waals surface area contributed by atoms with E-state index in [1.54, 1.807) is 32.0 Å². The number of sulfonamides is 1. The zero-order chi connectivity index (χ0) is 21.6. The van der Waals surface area contributed by atoms with E-state index in [1.165, 1.54) is 12.1 Å². The lowest BCUT2D eigenvalue weighted by Crippen LogP contribution is -2.42. The number of thiocarbonyl (C=S) groups is 1. The summed E-state index contributed by atoms with van der Waals surface area (Å²) in [6, 6.07) is 8.10. The summed E-state index contributed by atoms with van der Waals surface area (Å²) in [7, 11) is -3.79. The fraction of sp³-hybridized carbons (Fsp3) is 0.421. The molecule has 162 valence electrons. The van der Waals surface area contributed by atoms with Gasteiger partial charge in [-0.15, -0.1) is 0 Å². The van der Waals surface area contributed by atoms with E-state index >= 15 is 0 Å². The van der Waals surface area contributed by atoms with Crippen molar-refractivity contribution in [3.8, 4) is 0 Å². The molecule has 1 aliphatic heterocycles. The summed E-state index contributed by atoms with van der Waals surface area (Å²) in [5.41, 5.74) is 2.07. The Balaban J connectivity index is 1.52. The number of benzene rings is 1. The first-order valence-corrected chi connectivity index (χ1v) is 11.5. The molecule has 9 nitrogen and oxygen atoms in total. The molecular formula is C19H26N6O3S2. The van der Waals surface area contributed by atoms with Gasteiger partial charge in [0.15, 0.2) is 5.11 Å². The highest BCUT2D eigenvalue weighted by Gasteiger charge is 2.16. The highest BCUT2D eigenvalue weighted by atomic mass is 32.2. The molecule has 0 atom stereocenters. The van der Waals surface area contributed by atoms with E-state index in [2.05, 4.69) is 30.2 Å². The smallest absolute Gasteiger partial charge is 0.264 e. The zero-order valence-corrected chi connectivity index (χ0v) is 18.6. The van der Waals surface area contributed by atoms with Crippen molar-refractivity contribution in [3.05, 3.63) is 41.7 Å². The highest BCUT2D eigenvalue weighted by Crippen LogP contribution is 2.17. The van der Waals surface area contributed by atoms with Crippen LogP contribution in [0, 0.1) is 13.8 Å². The second-order valence-electron chi connectivity index (χ2n) is 6.94. The largest absolute Gasteiger partial charge is 0.379 e. The lowest BCUT2D eigenvalue weighted by Gasteiger charge is -2.26. The molecule has 3 N–H and O–H groups in total. The van der Waals surface area contributed by atoms with Gasteiger partial charge in [0.1, 0.15) is 0 Å². The van der Waals surface area contributed by atoms with Crippen LogP contribution in [0.4, 0.5) is 11.6 Å². The van der Waals surface area contributed by atoms with Crippen molar-refractivity contribution in [2.75, 3.05) is 49.4 Å². The van der Waals surface area contributed by atoms with Gasteiger partial charge in [0.25, 0.3) is 10.0 Å². The maximum Gasteiger partial charge on any atom is 0.264 e. The molecule has 0 aliphatic carbocycles. The minimum absolute atomic E-state index is 0.0559. The van der Waals surface area contributed by atoms with Gasteiger partial charge in [-0.1, -0.05) is 0 Å². The number of rotatable bonds is 7. The number of nitrogens with zero attached hydrogens (tertiary/aromatic N) is 3. The third-order valence-electron chi connectivity index (χ3n) is 4.45. The highest BCUT2D eigenvalue weighted by molar-refractivity contribution is 7.92. The Morgan fingerprint density at radius 1 is 1.13 bits per heavy atom. The van der Waals surface area contributed by atoms with Crippen LogP contribution in [-0.4, -0.2) is 67.8 Å². The molecule has 0 bridgehead atoms. The average molecular weight is 451 g/mol. The Bertz CT molecular complexity index is 956. The van der Waals surface area contributed by atoms with E-state index in [0.717, 1.165) is 39.4 Å². The van der Waals surface area contributed by atoms with Gasteiger partial charge in [-0.2, -0.15) is 0 Å². The predicted molar refractivity (Wildman–Crippen MR) is 120 cm³/mol. The van der Waals surface area contributed by atoms with E-state index in [-0.39, 0.29) is 10.8 Å². The number of aryl methyl sites for hydroxylation is 2. The third-order valence-corrected chi connectivity index (χ3v) is 6.04. The number of aromatic nitrogens is 2. The standard InChI is InChI=1S/C19H26N6O3S2/c1-14-13-15(2)22-18(21-14)24-30(26,27)17-5-3-16(4-6-17)23-19(29)20-7-8-25-9-11-28-12-10-25/h3-6,13H,7-12H2,1-2H3,(H2,20,23,29)(H,21,22,24). The number of anilines is 2. The summed E-state index contributed by atoms with van der Waals surface area (Å²) >= 11 is 5.31. The Labute approximate surface area is 182 Å². The Morgan fingerprint density at radius 3 is 2.40 bits per heavy atom. The molecular weight excluding hydrogens is 424 g/mol. The third kappa shape index (κ3) is 6.59. The van der Waals surface area contributed by atoms with E-state index in [4.69, 9.17) is 17.0 Å². The van der Waals surface area contributed by atoms with E-state index in [1.807, 2.05) is 0 Å². The molecule has 0 unspecified atom stereocenters. The van der Waals surface area contributed by atoms with Gasteiger partial charge in [0.05, 0.1) is 18.1 Å². The van der Waals surface area contributed by atoms with Crippen LogP contribution in [0.2, 0.25) is 0 Å². The lowest BCUT2D eigenvalue weighted by atomic mass is 10.3. The van der Waals surface area contributed by atoms with Crippen LogP contribution in [0.1, 0.15) is 11.4 Å². The van der Waals surface area contributed by atoms with Crippen molar-refractivity contribution in [2.24, 2.45) is 0 Å². The van der Waals surface area contributed by atoms with Crippen LogP contribution >= 0.6 is 12.2 Å². The quantitative estimate of drug-likeness (QED) is 0.541. The Hall–Kier alpha value is -2.34. The maximum atomic E-state index is 12.6. The number of ether oxygens (including phenoxy) is 1. The van der Waals surface area contributed by atoms with Gasteiger partial charge in [-0.05, 0) is 56.4 Å². The van der Waals surface area contributed by atoms with Gasteiger partial charge >= 0.3 is 0 Å². The number of hydrogen-bond donors (Lipinski definition) is 3. The van der Waals surface area contributed by atoms with Gasteiger partial charge in [-0.25, -0.2) is 23.1 Å². The van der Waals surface area contributed by atoms with Crippen LogP contribution in [0.15, 0.2) is 35.2 Å². The monoisotopic (exact) mass is 450 g/mol. The molecule has 1 fully saturated rings. The first kappa shape index (κ1) is 22.3. The fourth-order valence-electron chi connectivity index (χ4n) is 3.00. The molecule has 0 saturated carbocycles. The zero-order valence-electron chi connectivity index (χ0n) is 17.0. The molecule has 1 saturated heterocycles.